The van der Waals surface area contributed by atoms with Gasteiger partial charge >= 0.3 is 0 Å². The third-order valence-electron chi connectivity index (χ3n) is 2.70. The highest BCUT2D eigenvalue weighted by Crippen LogP contribution is 2.33. The summed E-state index contributed by atoms with van der Waals surface area (Å²) in [7, 11) is 0. The standard InChI is InChI=1S/C15H22O/c1-5-12(11-15(2,3)4)14(16)13-9-7-6-8-10-13/h5-10,12,14,16H,1,11H2,2-4H3. The number of aliphatic hydroxyl groups excluding tert-OH is 1. The summed E-state index contributed by atoms with van der Waals surface area (Å²) in [5, 5.41) is 10.3. The van der Waals surface area contributed by atoms with Gasteiger partial charge in [0.1, 0.15) is 0 Å². The number of benzene rings is 1. The van der Waals surface area contributed by atoms with Crippen molar-refractivity contribution in [2.24, 2.45) is 11.3 Å². The Balaban J connectivity index is 2.78. The maximum absolute atomic E-state index is 10.3. The second-order valence-corrected chi connectivity index (χ2v) is 5.52. The molecule has 0 amide bonds. The van der Waals surface area contributed by atoms with Gasteiger partial charge in [0.05, 0.1) is 6.10 Å². The Morgan fingerprint density at radius 1 is 1.25 bits per heavy atom. The van der Waals surface area contributed by atoms with Gasteiger partial charge in [-0.1, -0.05) is 57.2 Å². The lowest BCUT2D eigenvalue weighted by Gasteiger charge is -2.27. The Hall–Kier alpha value is -1.08. The van der Waals surface area contributed by atoms with Gasteiger partial charge < -0.3 is 5.11 Å². The molecule has 0 aliphatic heterocycles. The molecule has 0 saturated carbocycles. The van der Waals surface area contributed by atoms with Gasteiger partial charge in [-0.05, 0) is 17.4 Å². The van der Waals surface area contributed by atoms with Crippen molar-refractivity contribution in [2.45, 2.75) is 33.3 Å². The van der Waals surface area contributed by atoms with E-state index in [4.69, 9.17) is 0 Å². The lowest BCUT2D eigenvalue weighted by atomic mass is 9.80. The van der Waals surface area contributed by atoms with E-state index in [-0.39, 0.29) is 11.3 Å². The largest absolute Gasteiger partial charge is 0.388 e. The summed E-state index contributed by atoms with van der Waals surface area (Å²) in [5.41, 5.74) is 1.17. The molecule has 0 fully saturated rings. The molecule has 0 spiro atoms. The van der Waals surface area contributed by atoms with Gasteiger partial charge in [0.15, 0.2) is 0 Å². The first-order chi connectivity index (χ1) is 7.44. The fourth-order valence-corrected chi connectivity index (χ4v) is 1.93. The van der Waals surface area contributed by atoms with Gasteiger partial charge in [-0.3, -0.25) is 0 Å². The molecule has 2 unspecified atom stereocenters. The van der Waals surface area contributed by atoms with Crippen LogP contribution in [0, 0.1) is 11.3 Å². The fraction of sp³-hybridized carbons (Fsp3) is 0.467. The zero-order valence-electron chi connectivity index (χ0n) is 10.5. The van der Waals surface area contributed by atoms with E-state index in [1.54, 1.807) is 0 Å². The minimum atomic E-state index is -0.446. The molecule has 0 heterocycles. The molecule has 1 heteroatoms. The van der Waals surface area contributed by atoms with Crippen molar-refractivity contribution >= 4 is 0 Å². The molecule has 1 N–H and O–H groups in total. The van der Waals surface area contributed by atoms with Crippen LogP contribution in [-0.4, -0.2) is 5.11 Å². The van der Waals surface area contributed by atoms with Crippen molar-refractivity contribution in [1.82, 2.24) is 0 Å². The maximum atomic E-state index is 10.3. The van der Waals surface area contributed by atoms with Gasteiger partial charge in [0.25, 0.3) is 0 Å². The van der Waals surface area contributed by atoms with Gasteiger partial charge in [0.2, 0.25) is 0 Å². The molecule has 0 saturated heterocycles. The predicted molar refractivity (Wildman–Crippen MR) is 69.2 cm³/mol. The third-order valence-corrected chi connectivity index (χ3v) is 2.70. The molecule has 0 aliphatic rings. The molecule has 1 aromatic carbocycles. The number of hydrogen-bond acceptors (Lipinski definition) is 1. The van der Waals surface area contributed by atoms with Crippen LogP contribution in [0.25, 0.3) is 0 Å². The van der Waals surface area contributed by atoms with Crippen LogP contribution in [0.4, 0.5) is 0 Å². The summed E-state index contributed by atoms with van der Waals surface area (Å²) in [5.74, 6) is 0.113. The first-order valence-corrected chi connectivity index (χ1v) is 5.79. The Bertz CT molecular complexity index is 321. The van der Waals surface area contributed by atoms with E-state index >= 15 is 0 Å². The summed E-state index contributed by atoms with van der Waals surface area (Å²) < 4.78 is 0. The Kier molecular flexibility index (Phi) is 4.31. The molecule has 2 atom stereocenters. The second kappa shape index (κ2) is 5.31. The molecule has 0 aliphatic carbocycles. The lowest BCUT2D eigenvalue weighted by molar-refractivity contribution is 0.106. The highest BCUT2D eigenvalue weighted by molar-refractivity contribution is 5.19. The summed E-state index contributed by atoms with van der Waals surface area (Å²) in [6, 6.07) is 9.79. The van der Waals surface area contributed by atoms with Crippen LogP contribution < -0.4 is 0 Å². The monoisotopic (exact) mass is 218 g/mol. The number of aliphatic hydroxyl groups is 1. The average molecular weight is 218 g/mol. The SMILES string of the molecule is C=CC(CC(C)(C)C)C(O)c1ccccc1. The van der Waals surface area contributed by atoms with Crippen LogP contribution in [0.15, 0.2) is 43.0 Å². The minimum Gasteiger partial charge on any atom is -0.388 e. The molecule has 0 radical (unpaired) electrons. The van der Waals surface area contributed by atoms with E-state index in [9.17, 15) is 5.11 Å². The predicted octanol–water partition coefficient (Wildman–Crippen LogP) is 3.96. The molecule has 1 aromatic rings. The molecule has 1 rings (SSSR count). The Labute approximate surface area is 98.8 Å². The van der Waals surface area contributed by atoms with Crippen molar-refractivity contribution in [3.8, 4) is 0 Å². The van der Waals surface area contributed by atoms with Crippen molar-refractivity contribution < 1.29 is 5.11 Å². The highest BCUT2D eigenvalue weighted by atomic mass is 16.3. The van der Waals surface area contributed by atoms with Crippen LogP contribution >= 0.6 is 0 Å². The lowest BCUT2D eigenvalue weighted by Crippen LogP contribution is -2.18. The summed E-state index contributed by atoms with van der Waals surface area (Å²) in [4.78, 5) is 0. The van der Waals surface area contributed by atoms with Crippen molar-refractivity contribution in [3.05, 3.63) is 48.6 Å². The number of rotatable bonds is 4. The molecule has 16 heavy (non-hydrogen) atoms. The van der Waals surface area contributed by atoms with Crippen LogP contribution in [0.2, 0.25) is 0 Å². The molecular formula is C15H22O. The molecule has 0 bridgehead atoms. The van der Waals surface area contributed by atoms with Crippen molar-refractivity contribution in [1.29, 1.82) is 0 Å². The average Bonchev–Trinajstić information content (AvgIpc) is 2.25. The van der Waals surface area contributed by atoms with E-state index in [0.29, 0.717) is 0 Å². The zero-order chi connectivity index (χ0) is 12.2. The van der Waals surface area contributed by atoms with Gasteiger partial charge in [-0.25, -0.2) is 0 Å². The molecule has 1 nitrogen and oxygen atoms in total. The van der Waals surface area contributed by atoms with Crippen molar-refractivity contribution in [2.75, 3.05) is 0 Å². The topological polar surface area (TPSA) is 20.2 Å². The van der Waals surface area contributed by atoms with Crippen LogP contribution in [0.3, 0.4) is 0 Å². The fourth-order valence-electron chi connectivity index (χ4n) is 1.93. The maximum Gasteiger partial charge on any atom is 0.0852 e. The van der Waals surface area contributed by atoms with Gasteiger partial charge in [-0.2, -0.15) is 0 Å². The first kappa shape index (κ1) is 13.0. The molecule has 88 valence electrons. The van der Waals surface area contributed by atoms with Crippen molar-refractivity contribution in [3.63, 3.8) is 0 Å². The van der Waals surface area contributed by atoms with E-state index in [0.717, 1.165) is 12.0 Å². The van der Waals surface area contributed by atoms with Crippen LogP contribution in [-0.2, 0) is 0 Å². The minimum absolute atomic E-state index is 0.113. The zero-order valence-corrected chi connectivity index (χ0v) is 10.5. The quantitative estimate of drug-likeness (QED) is 0.758. The summed E-state index contributed by atoms with van der Waals surface area (Å²) in [6.45, 7) is 10.4. The summed E-state index contributed by atoms with van der Waals surface area (Å²) >= 11 is 0. The summed E-state index contributed by atoms with van der Waals surface area (Å²) in [6.07, 6.45) is 2.35. The first-order valence-electron chi connectivity index (χ1n) is 5.79. The van der Waals surface area contributed by atoms with E-state index in [1.165, 1.54) is 0 Å². The van der Waals surface area contributed by atoms with Gasteiger partial charge in [-0.15, -0.1) is 6.58 Å². The van der Waals surface area contributed by atoms with E-state index in [1.807, 2.05) is 36.4 Å². The smallest absolute Gasteiger partial charge is 0.0852 e. The Morgan fingerprint density at radius 3 is 2.25 bits per heavy atom. The molecular weight excluding hydrogens is 196 g/mol. The Morgan fingerprint density at radius 2 is 1.81 bits per heavy atom. The van der Waals surface area contributed by atoms with Crippen LogP contribution in [0.5, 0.6) is 0 Å². The van der Waals surface area contributed by atoms with Crippen LogP contribution in [0.1, 0.15) is 38.9 Å². The third kappa shape index (κ3) is 3.82. The second-order valence-electron chi connectivity index (χ2n) is 5.52. The highest BCUT2D eigenvalue weighted by Gasteiger charge is 2.23. The van der Waals surface area contributed by atoms with Gasteiger partial charge in [0, 0.05) is 5.92 Å². The normalized spacial score (nSPS) is 15.5. The molecule has 0 aromatic heterocycles. The van der Waals surface area contributed by atoms with E-state index < -0.39 is 6.10 Å². The number of hydrogen-bond donors (Lipinski definition) is 1. The van der Waals surface area contributed by atoms with E-state index in [2.05, 4.69) is 27.4 Å².